The minimum Gasteiger partial charge on any atom is -0.467 e. The lowest BCUT2D eigenvalue weighted by Crippen LogP contribution is -2.43. The number of aryl methyl sites for hydroxylation is 1. The fourth-order valence-corrected chi connectivity index (χ4v) is 4.65. The van der Waals surface area contributed by atoms with Crippen LogP contribution in [0, 0.1) is 0 Å². The zero-order valence-corrected chi connectivity index (χ0v) is 21.7. The number of benzene rings is 2. The van der Waals surface area contributed by atoms with Crippen molar-refractivity contribution in [2.75, 3.05) is 24.3 Å². The summed E-state index contributed by atoms with van der Waals surface area (Å²) in [5, 5.41) is 9.13. The maximum absolute atomic E-state index is 12.8. The fraction of sp³-hybridized carbons (Fsp3) is 0.259. The third kappa shape index (κ3) is 6.78. The van der Waals surface area contributed by atoms with Gasteiger partial charge in [0.2, 0.25) is 5.91 Å². The summed E-state index contributed by atoms with van der Waals surface area (Å²) in [4.78, 5) is 42.2. The Morgan fingerprint density at radius 3 is 2.49 bits per heavy atom. The molecule has 1 aliphatic rings. The molecule has 0 saturated heterocycles. The van der Waals surface area contributed by atoms with E-state index in [1.807, 2.05) is 12.1 Å². The van der Waals surface area contributed by atoms with Crippen LogP contribution in [0.15, 0.2) is 54.6 Å². The van der Waals surface area contributed by atoms with Crippen LogP contribution < -0.4 is 16.0 Å². The normalized spacial score (nSPS) is 13.1. The third-order valence-electron chi connectivity index (χ3n) is 5.95. The molecule has 10 heteroatoms. The first-order valence-corrected chi connectivity index (χ1v) is 12.5. The Morgan fingerprint density at radius 1 is 1.05 bits per heavy atom. The fourth-order valence-electron chi connectivity index (χ4n) is 4.08. The van der Waals surface area contributed by atoms with Crippen LogP contribution in [0.3, 0.4) is 0 Å². The number of hydrogen-bond donors (Lipinski definition) is 3. The van der Waals surface area contributed by atoms with Crippen LogP contribution in [-0.4, -0.2) is 42.5 Å². The predicted molar refractivity (Wildman–Crippen MR) is 143 cm³/mol. The molecule has 2 amide bonds. The summed E-state index contributed by atoms with van der Waals surface area (Å²) < 4.78 is 4.86. The van der Waals surface area contributed by atoms with Gasteiger partial charge in [-0.2, -0.15) is 0 Å². The molecule has 0 spiro atoms. The van der Waals surface area contributed by atoms with Crippen molar-refractivity contribution in [1.29, 1.82) is 0 Å². The van der Waals surface area contributed by atoms with Gasteiger partial charge in [-0.25, -0.2) is 9.78 Å². The third-order valence-corrected chi connectivity index (χ3v) is 6.58. The molecule has 1 aliphatic heterocycles. The number of hydrogen-bond acceptors (Lipinski definition) is 6. The van der Waals surface area contributed by atoms with Crippen LogP contribution in [0.25, 0.3) is 0 Å². The lowest BCUT2D eigenvalue weighted by Gasteiger charge is -2.18. The summed E-state index contributed by atoms with van der Waals surface area (Å²) in [6, 6.07) is 14.6. The van der Waals surface area contributed by atoms with Crippen molar-refractivity contribution in [3.63, 3.8) is 0 Å². The number of rotatable bonds is 8. The Bertz CT molecular complexity index is 1290. The van der Waals surface area contributed by atoms with Gasteiger partial charge >= 0.3 is 5.97 Å². The van der Waals surface area contributed by atoms with Crippen molar-refractivity contribution in [3.8, 4) is 0 Å². The maximum Gasteiger partial charge on any atom is 0.328 e. The van der Waals surface area contributed by atoms with Gasteiger partial charge in [-0.1, -0.05) is 47.5 Å². The van der Waals surface area contributed by atoms with Gasteiger partial charge < -0.3 is 20.7 Å². The molecule has 0 radical (unpaired) electrons. The second-order valence-corrected chi connectivity index (χ2v) is 9.43. The minimum absolute atomic E-state index is 0.0852. The average Bonchev–Trinajstić information content (AvgIpc) is 2.88. The van der Waals surface area contributed by atoms with Crippen molar-refractivity contribution < 1.29 is 19.1 Å². The Kier molecular flexibility index (Phi) is 8.63. The Morgan fingerprint density at radius 2 is 1.78 bits per heavy atom. The summed E-state index contributed by atoms with van der Waals surface area (Å²) in [6.45, 7) is 0.885. The van der Waals surface area contributed by atoms with E-state index in [4.69, 9.17) is 27.9 Å². The first-order valence-electron chi connectivity index (χ1n) is 11.8. The zero-order valence-electron chi connectivity index (χ0n) is 20.1. The zero-order chi connectivity index (χ0) is 26.4. The van der Waals surface area contributed by atoms with E-state index in [0.29, 0.717) is 11.4 Å². The van der Waals surface area contributed by atoms with E-state index < -0.39 is 17.9 Å². The molecule has 3 aromatic rings. The Balaban J connectivity index is 1.37. The quantitative estimate of drug-likeness (QED) is 0.364. The summed E-state index contributed by atoms with van der Waals surface area (Å²) in [5.41, 5.74) is 3.30. The molecule has 0 saturated carbocycles. The van der Waals surface area contributed by atoms with E-state index in [-0.39, 0.29) is 34.4 Å². The first kappa shape index (κ1) is 26.4. The van der Waals surface area contributed by atoms with Crippen molar-refractivity contribution >= 4 is 52.5 Å². The first-order chi connectivity index (χ1) is 17.8. The van der Waals surface area contributed by atoms with Crippen LogP contribution in [0.1, 0.15) is 33.6 Å². The summed E-state index contributed by atoms with van der Waals surface area (Å²) in [6.07, 6.45) is 2.38. The largest absolute Gasteiger partial charge is 0.467 e. The highest BCUT2D eigenvalue weighted by Crippen LogP contribution is 2.24. The molecule has 1 atom stereocenters. The van der Waals surface area contributed by atoms with Crippen LogP contribution in [0.2, 0.25) is 10.0 Å². The molecule has 8 nitrogen and oxygen atoms in total. The molecule has 2 aromatic carbocycles. The van der Waals surface area contributed by atoms with E-state index in [1.54, 1.807) is 42.5 Å². The Labute approximate surface area is 224 Å². The lowest BCUT2D eigenvalue weighted by atomic mass is 10.0. The van der Waals surface area contributed by atoms with E-state index in [9.17, 15) is 14.4 Å². The highest BCUT2D eigenvalue weighted by atomic mass is 35.5. The van der Waals surface area contributed by atoms with Gasteiger partial charge in [0.25, 0.3) is 5.91 Å². The molecular weight excluding hydrogens is 515 g/mol. The molecule has 37 heavy (non-hydrogen) atoms. The number of carbonyl (C=O) groups excluding carboxylic acids is 3. The summed E-state index contributed by atoms with van der Waals surface area (Å²) in [5.74, 6) is -0.529. The molecule has 0 aliphatic carbocycles. The standard InChI is InChI=1S/C27H26Cl2N4O4/c1-37-27(36)22(33-26(35)24-20(28)5-2-6-21(24)29)14-16-7-10-18(11-8-16)31-23(34)15-19-12-9-17-4-3-13-30-25(17)32-19/h2,5-12,22H,3-4,13-15H2,1H3,(H,30,32)(H,31,34)(H,33,35). The van der Waals surface area contributed by atoms with Crippen LogP contribution in [0.5, 0.6) is 0 Å². The molecule has 1 unspecified atom stereocenters. The number of halogens is 2. The number of methoxy groups -OCH3 is 1. The summed E-state index contributed by atoms with van der Waals surface area (Å²) in [7, 11) is 1.25. The van der Waals surface area contributed by atoms with Crippen molar-refractivity contribution in [1.82, 2.24) is 10.3 Å². The van der Waals surface area contributed by atoms with Gasteiger partial charge in [0.15, 0.2) is 0 Å². The van der Waals surface area contributed by atoms with Gasteiger partial charge in [0.1, 0.15) is 11.9 Å². The molecule has 4 rings (SSSR count). The second kappa shape index (κ2) is 12.1. The van der Waals surface area contributed by atoms with Crippen molar-refractivity contribution in [3.05, 3.63) is 87.0 Å². The number of amides is 2. The number of esters is 1. The number of anilines is 2. The van der Waals surface area contributed by atoms with Gasteiger partial charge in [-0.15, -0.1) is 0 Å². The number of nitrogens with zero attached hydrogens (tertiary/aromatic N) is 1. The number of fused-ring (bicyclic) bond motifs is 1. The van der Waals surface area contributed by atoms with Crippen molar-refractivity contribution in [2.24, 2.45) is 0 Å². The molecule has 3 N–H and O–H groups in total. The highest BCUT2D eigenvalue weighted by molar-refractivity contribution is 6.39. The molecule has 1 aromatic heterocycles. The van der Waals surface area contributed by atoms with Gasteiger partial charge in [-0.05, 0) is 54.3 Å². The van der Waals surface area contributed by atoms with Crippen molar-refractivity contribution in [2.45, 2.75) is 31.7 Å². The van der Waals surface area contributed by atoms with E-state index >= 15 is 0 Å². The van der Waals surface area contributed by atoms with Crippen LogP contribution in [-0.2, 0) is 33.6 Å². The molecule has 192 valence electrons. The number of carbonyl (C=O) groups is 3. The lowest BCUT2D eigenvalue weighted by molar-refractivity contribution is -0.142. The van der Waals surface area contributed by atoms with Gasteiger partial charge in [-0.3, -0.25) is 9.59 Å². The van der Waals surface area contributed by atoms with E-state index in [2.05, 4.69) is 20.9 Å². The maximum atomic E-state index is 12.8. The average molecular weight is 541 g/mol. The second-order valence-electron chi connectivity index (χ2n) is 8.61. The molecule has 2 heterocycles. The van der Waals surface area contributed by atoms with Gasteiger partial charge in [0, 0.05) is 18.7 Å². The van der Waals surface area contributed by atoms with Crippen LogP contribution >= 0.6 is 23.2 Å². The van der Waals surface area contributed by atoms with E-state index in [0.717, 1.165) is 30.8 Å². The highest BCUT2D eigenvalue weighted by Gasteiger charge is 2.25. The number of pyridine rings is 1. The SMILES string of the molecule is COC(=O)C(Cc1ccc(NC(=O)Cc2ccc3c(n2)NCCC3)cc1)NC(=O)c1c(Cl)cccc1Cl. The molecular formula is C27H26Cl2N4O4. The number of ether oxygens (including phenoxy) is 1. The molecule has 0 bridgehead atoms. The Hall–Kier alpha value is -3.62. The topological polar surface area (TPSA) is 109 Å². The molecule has 0 fully saturated rings. The number of nitrogens with one attached hydrogen (secondary N) is 3. The smallest absolute Gasteiger partial charge is 0.328 e. The number of aromatic nitrogens is 1. The summed E-state index contributed by atoms with van der Waals surface area (Å²) >= 11 is 12.2. The van der Waals surface area contributed by atoms with E-state index in [1.165, 1.54) is 12.7 Å². The minimum atomic E-state index is -0.964. The van der Waals surface area contributed by atoms with Crippen LogP contribution in [0.4, 0.5) is 11.5 Å². The predicted octanol–water partition coefficient (Wildman–Crippen LogP) is 4.44. The monoisotopic (exact) mass is 540 g/mol. The van der Waals surface area contributed by atoms with Gasteiger partial charge in [0.05, 0.1) is 34.8 Å².